The van der Waals surface area contributed by atoms with Crippen LogP contribution in [0.15, 0.2) is 22.8 Å². The van der Waals surface area contributed by atoms with Crippen LogP contribution in [-0.2, 0) is 11.2 Å². The average Bonchev–Trinajstić information content (AvgIpc) is 2.87. The van der Waals surface area contributed by atoms with Gasteiger partial charge in [-0.05, 0) is 50.3 Å². The fourth-order valence-electron chi connectivity index (χ4n) is 2.20. The first-order valence-electron chi connectivity index (χ1n) is 7.45. The summed E-state index contributed by atoms with van der Waals surface area (Å²) in [7, 11) is 0. The third-order valence-corrected chi connectivity index (χ3v) is 3.66. The standard InChI is InChI=1S/C16H28N2O2/c1-13(6-7-14-5-4-12-20-14)18-15(19)8-9-16(2,3)10-11-17/h4-5,12-13H,6-11,17H2,1-3H3,(H,18,19). The number of amides is 1. The summed E-state index contributed by atoms with van der Waals surface area (Å²) in [6.07, 6.45) is 5.82. The van der Waals surface area contributed by atoms with Gasteiger partial charge in [0.15, 0.2) is 0 Å². The van der Waals surface area contributed by atoms with E-state index in [9.17, 15) is 4.79 Å². The second kappa shape index (κ2) is 8.10. The van der Waals surface area contributed by atoms with Gasteiger partial charge in [0.2, 0.25) is 5.91 Å². The van der Waals surface area contributed by atoms with Crippen molar-refractivity contribution < 1.29 is 9.21 Å². The summed E-state index contributed by atoms with van der Waals surface area (Å²) in [4.78, 5) is 11.9. The summed E-state index contributed by atoms with van der Waals surface area (Å²) in [5.41, 5.74) is 5.72. The molecule has 1 unspecified atom stereocenters. The predicted octanol–water partition coefficient (Wildman–Crippen LogP) is 2.87. The number of rotatable bonds is 9. The number of hydrogen-bond donors (Lipinski definition) is 2. The normalized spacial score (nSPS) is 13.2. The zero-order chi connectivity index (χ0) is 15.0. The number of aryl methyl sites for hydroxylation is 1. The van der Waals surface area contributed by atoms with Gasteiger partial charge in [-0.3, -0.25) is 4.79 Å². The first kappa shape index (κ1) is 16.8. The van der Waals surface area contributed by atoms with Gasteiger partial charge in [-0.2, -0.15) is 0 Å². The Hall–Kier alpha value is -1.29. The van der Waals surface area contributed by atoms with Crippen molar-refractivity contribution in [1.29, 1.82) is 0 Å². The molecule has 0 aromatic carbocycles. The molecule has 1 atom stereocenters. The van der Waals surface area contributed by atoms with E-state index in [1.165, 1.54) is 0 Å². The van der Waals surface area contributed by atoms with Gasteiger partial charge in [-0.25, -0.2) is 0 Å². The molecule has 1 aromatic heterocycles. The van der Waals surface area contributed by atoms with E-state index in [1.54, 1.807) is 6.26 Å². The van der Waals surface area contributed by atoms with Gasteiger partial charge in [-0.1, -0.05) is 13.8 Å². The van der Waals surface area contributed by atoms with Crippen LogP contribution in [0.1, 0.15) is 52.2 Å². The Labute approximate surface area is 122 Å². The van der Waals surface area contributed by atoms with E-state index in [0.717, 1.165) is 31.4 Å². The maximum Gasteiger partial charge on any atom is 0.220 e. The van der Waals surface area contributed by atoms with Crippen LogP contribution in [0, 0.1) is 5.41 Å². The molecule has 1 aromatic rings. The Morgan fingerprint density at radius 2 is 2.20 bits per heavy atom. The lowest BCUT2D eigenvalue weighted by Gasteiger charge is -2.23. The summed E-state index contributed by atoms with van der Waals surface area (Å²) in [5.74, 6) is 1.09. The molecule has 1 heterocycles. The third kappa shape index (κ3) is 6.75. The zero-order valence-corrected chi connectivity index (χ0v) is 12.9. The molecule has 114 valence electrons. The quantitative estimate of drug-likeness (QED) is 0.731. The summed E-state index contributed by atoms with van der Waals surface area (Å²) < 4.78 is 5.28. The second-order valence-corrected chi connectivity index (χ2v) is 6.29. The number of hydrogen-bond acceptors (Lipinski definition) is 3. The molecule has 0 aliphatic rings. The molecule has 4 nitrogen and oxygen atoms in total. The molecular weight excluding hydrogens is 252 g/mol. The molecule has 1 rings (SSSR count). The van der Waals surface area contributed by atoms with Crippen molar-refractivity contribution in [3.05, 3.63) is 24.2 Å². The van der Waals surface area contributed by atoms with E-state index >= 15 is 0 Å². The lowest BCUT2D eigenvalue weighted by Crippen LogP contribution is -2.33. The van der Waals surface area contributed by atoms with Gasteiger partial charge in [-0.15, -0.1) is 0 Å². The Balaban J connectivity index is 2.21. The van der Waals surface area contributed by atoms with Crippen molar-refractivity contribution in [3.63, 3.8) is 0 Å². The van der Waals surface area contributed by atoms with Crippen molar-refractivity contribution in [1.82, 2.24) is 5.32 Å². The van der Waals surface area contributed by atoms with E-state index < -0.39 is 0 Å². The highest BCUT2D eigenvalue weighted by atomic mass is 16.3. The van der Waals surface area contributed by atoms with Crippen LogP contribution in [0.5, 0.6) is 0 Å². The van der Waals surface area contributed by atoms with Gasteiger partial charge in [0.05, 0.1) is 6.26 Å². The molecule has 0 saturated heterocycles. The van der Waals surface area contributed by atoms with Crippen molar-refractivity contribution in [3.8, 4) is 0 Å². The topological polar surface area (TPSA) is 68.3 Å². The molecule has 0 bridgehead atoms. The summed E-state index contributed by atoms with van der Waals surface area (Å²) >= 11 is 0. The van der Waals surface area contributed by atoms with Gasteiger partial charge in [0, 0.05) is 18.9 Å². The van der Waals surface area contributed by atoms with Gasteiger partial charge in [0.1, 0.15) is 5.76 Å². The fourth-order valence-corrected chi connectivity index (χ4v) is 2.20. The maximum absolute atomic E-state index is 11.9. The van der Waals surface area contributed by atoms with E-state index in [4.69, 9.17) is 10.2 Å². The largest absolute Gasteiger partial charge is 0.469 e. The van der Waals surface area contributed by atoms with Crippen LogP contribution in [0.3, 0.4) is 0 Å². The number of carbonyl (C=O) groups is 1. The molecule has 0 fully saturated rings. The molecular formula is C16H28N2O2. The van der Waals surface area contributed by atoms with E-state index in [2.05, 4.69) is 19.2 Å². The van der Waals surface area contributed by atoms with Crippen molar-refractivity contribution >= 4 is 5.91 Å². The molecule has 0 aliphatic heterocycles. The van der Waals surface area contributed by atoms with Gasteiger partial charge < -0.3 is 15.5 Å². The number of furan rings is 1. The molecule has 0 aliphatic carbocycles. The number of carbonyl (C=O) groups excluding carboxylic acids is 1. The van der Waals surface area contributed by atoms with Crippen LogP contribution in [0.2, 0.25) is 0 Å². The van der Waals surface area contributed by atoms with Gasteiger partial charge >= 0.3 is 0 Å². The summed E-state index contributed by atoms with van der Waals surface area (Å²) in [6.45, 7) is 7.03. The lowest BCUT2D eigenvalue weighted by atomic mass is 9.84. The SMILES string of the molecule is CC(CCc1ccco1)NC(=O)CCC(C)(C)CCN. The maximum atomic E-state index is 11.9. The first-order valence-corrected chi connectivity index (χ1v) is 7.45. The highest BCUT2D eigenvalue weighted by Gasteiger charge is 2.18. The zero-order valence-electron chi connectivity index (χ0n) is 12.9. The van der Waals surface area contributed by atoms with E-state index in [-0.39, 0.29) is 17.4 Å². The minimum Gasteiger partial charge on any atom is -0.469 e. The van der Waals surface area contributed by atoms with E-state index in [1.807, 2.05) is 19.1 Å². The predicted molar refractivity (Wildman–Crippen MR) is 81.3 cm³/mol. The third-order valence-electron chi connectivity index (χ3n) is 3.66. The van der Waals surface area contributed by atoms with Crippen molar-refractivity contribution in [2.24, 2.45) is 11.1 Å². The average molecular weight is 280 g/mol. The smallest absolute Gasteiger partial charge is 0.220 e. The monoisotopic (exact) mass is 280 g/mol. The fraction of sp³-hybridized carbons (Fsp3) is 0.688. The minimum absolute atomic E-state index is 0.127. The molecule has 20 heavy (non-hydrogen) atoms. The van der Waals surface area contributed by atoms with Crippen molar-refractivity contribution in [2.45, 2.75) is 58.9 Å². The van der Waals surface area contributed by atoms with Crippen LogP contribution in [0.4, 0.5) is 0 Å². The van der Waals surface area contributed by atoms with E-state index in [0.29, 0.717) is 13.0 Å². The minimum atomic E-state index is 0.127. The molecule has 4 heteroatoms. The van der Waals surface area contributed by atoms with Crippen LogP contribution in [0.25, 0.3) is 0 Å². The Morgan fingerprint density at radius 3 is 2.80 bits per heavy atom. The van der Waals surface area contributed by atoms with Crippen LogP contribution >= 0.6 is 0 Å². The number of nitrogens with two attached hydrogens (primary N) is 1. The molecule has 0 spiro atoms. The summed E-state index contributed by atoms with van der Waals surface area (Å²) in [6, 6.07) is 4.02. The molecule has 0 radical (unpaired) electrons. The molecule has 3 N–H and O–H groups in total. The van der Waals surface area contributed by atoms with Gasteiger partial charge in [0.25, 0.3) is 0 Å². The Morgan fingerprint density at radius 1 is 1.45 bits per heavy atom. The highest BCUT2D eigenvalue weighted by Crippen LogP contribution is 2.25. The van der Waals surface area contributed by atoms with Crippen molar-refractivity contribution in [2.75, 3.05) is 6.54 Å². The van der Waals surface area contributed by atoms with Crippen LogP contribution < -0.4 is 11.1 Å². The van der Waals surface area contributed by atoms with Crippen LogP contribution in [-0.4, -0.2) is 18.5 Å². The molecule has 1 amide bonds. The lowest BCUT2D eigenvalue weighted by molar-refractivity contribution is -0.122. The molecule has 0 saturated carbocycles. The summed E-state index contributed by atoms with van der Waals surface area (Å²) in [5, 5.41) is 3.05. The number of nitrogens with one attached hydrogen (secondary N) is 1. The first-order chi connectivity index (χ1) is 9.43. The second-order valence-electron chi connectivity index (χ2n) is 6.29. The Kier molecular flexibility index (Phi) is 6.79. The highest BCUT2D eigenvalue weighted by molar-refractivity contribution is 5.76. The Bertz CT molecular complexity index is 385.